The Hall–Kier alpha value is -1.84. The van der Waals surface area contributed by atoms with E-state index in [1.54, 1.807) is 0 Å². The minimum atomic E-state index is -0.666. The van der Waals surface area contributed by atoms with E-state index in [0.717, 1.165) is 45.2 Å². The molecule has 0 aromatic heterocycles. The average Bonchev–Trinajstić information content (AvgIpc) is 3.27. The normalized spacial score (nSPS) is 22.1. The van der Waals surface area contributed by atoms with Crippen LogP contribution in [0.2, 0.25) is 0 Å². The maximum Gasteiger partial charge on any atom is 0.307 e. The summed E-state index contributed by atoms with van der Waals surface area (Å²) in [5.41, 5.74) is 2.52. The van der Waals surface area contributed by atoms with Crippen LogP contribution < -0.4 is 0 Å². The number of carbonyl (C=O) groups is 2. The Bertz CT molecular complexity index is 585. The van der Waals surface area contributed by atoms with Gasteiger partial charge in [-0.3, -0.25) is 9.59 Å². The Morgan fingerprint density at radius 3 is 2.30 bits per heavy atom. The first kappa shape index (κ1) is 16.0. The lowest BCUT2D eigenvalue weighted by atomic mass is 9.90. The zero-order chi connectivity index (χ0) is 16.4. The van der Waals surface area contributed by atoms with Gasteiger partial charge in [0.15, 0.2) is 0 Å². The van der Waals surface area contributed by atoms with Crippen LogP contribution in [-0.4, -0.2) is 35.0 Å². The second-order valence-electron chi connectivity index (χ2n) is 7.01. The van der Waals surface area contributed by atoms with Crippen molar-refractivity contribution < 1.29 is 14.7 Å². The fraction of sp³-hybridized carbons (Fsp3) is 0.579. The summed E-state index contributed by atoms with van der Waals surface area (Å²) in [6.07, 6.45) is 4.85. The summed E-state index contributed by atoms with van der Waals surface area (Å²) < 4.78 is 0. The average molecular weight is 315 g/mol. The van der Waals surface area contributed by atoms with Crippen LogP contribution in [0.4, 0.5) is 0 Å². The van der Waals surface area contributed by atoms with Crippen LogP contribution in [0.15, 0.2) is 24.3 Å². The number of benzene rings is 1. The van der Waals surface area contributed by atoms with Gasteiger partial charge in [-0.2, -0.15) is 0 Å². The number of hydrogen-bond acceptors (Lipinski definition) is 2. The van der Waals surface area contributed by atoms with E-state index in [9.17, 15) is 9.59 Å². The number of likely N-dealkylation sites (tertiary alicyclic amines) is 1. The SMILES string of the molecule is CCc1ccc(CCC(=O)N2CCC3(CC2)CC3C(=O)O)cc1. The highest BCUT2D eigenvalue weighted by atomic mass is 16.4. The molecule has 1 spiro atoms. The van der Waals surface area contributed by atoms with Gasteiger partial charge in [-0.1, -0.05) is 31.2 Å². The van der Waals surface area contributed by atoms with Crippen LogP contribution in [0.1, 0.15) is 43.7 Å². The summed E-state index contributed by atoms with van der Waals surface area (Å²) in [4.78, 5) is 25.3. The largest absolute Gasteiger partial charge is 0.481 e. The first-order chi connectivity index (χ1) is 11.0. The van der Waals surface area contributed by atoms with Crippen molar-refractivity contribution in [3.63, 3.8) is 0 Å². The zero-order valence-corrected chi connectivity index (χ0v) is 13.8. The molecule has 1 heterocycles. The van der Waals surface area contributed by atoms with E-state index >= 15 is 0 Å². The molecule has 1 unspecified atom stereocenters. The van der Waals surface area contributed by atoms with Gasteiger partial charge in [0, 0.05) is 19.5 Å². The molecule has 1 amide bonds. The Morgan fingerprint density at radius 2 is 1.78 bits per heavy atom. The highest BCUT2D eigenvalue weighted by Gasteiger charge is 2.59. The van der Waals surface area contributed by atoms with Gasteiger partial charge in [0.05, 0.1) is 5.92 Å². The monoisotopic (exact) mass is 315 g/mol. The maximum absolute atomic E-state index is 12.4. The van der Waals surface area contributed by atoms with Crippen LogP contribution in [0.3, 0.4) is 0 Å². The molecular formula is C19H25NO3. The van der Waals surface area contributed by atoms with E-state index in [4.69, 9.17) is 5.11 Å². The van der Waals surface area contributed by atoms with E-state index in [1.807, 2.05) is 4.90 Å². The van der Waals surface area contributed by atoms with Gasteiger partial charge in [0.1, 0.15) is 0 Å². The van der Waals surface area contributed by atoms with Crippen molar-refractivity contribution >= 4 is 11.9 Å². The predicted octanol–water partition coefficient (Wildman–Crippen LogP) is 2.89. The van der Waals surface area contributed by atoms with E-state index < -0.39 is 5.97 Å². The van der Waals surface area contributed by atoms with Crippen molar-refractivity contribution in [1.29, 1.82) is 0 Å². The Kier molecular flexibility index (Phi) is 4.42. The molecule has 124 valence electrons. The standard InChI is InChI=1S/C19H25NO3/c1-2-14-3-5-15(6-4-14)7-8-17(21)20-11-9-19(10-12-20)13-16(19)18(22)23/h3-6,16H,2,7-13H2,1H3,(H,22,23). The van der Waals surface area contributed by atoms with Gasteiger partial charge in [-0.15, -0.1) is 0 Å². The molecule has 3 rings (SSSR count). The number of hydrogen-bond donors (Lipinski definition) is 1. The van der Waals surface area contributed by atoms with Crippen molar-refractivity contribution in [3.05, 3.63) is 35.4 Å². The van der Waals surface area contributed by atoms with Crippen molar-refractivity contribution in [2.75, 3.05) is 13.1 Å². The molecule has 1 saturated heterocycles. The van der Waals surface area contributed by atoms with Crippen molar-refractivity contribution in [3.8, 4) is 0 Å². The minimum absolute atomic E-state index is 0.00139. The molecule has 1 N–H and O–H groups in total. The van der Waals surface area contributed by atoms with Crippen molar-refractivity contribution in [2.45, 2.75) is 45.4 Å². The second-order valence-corrected chi connectivity index (χ2v) is 7.01. The third-order valence-corrected chi connectivity index (χ3v) is 5.66. The first-order valence-electron chi connectivity index (χ1n) is 8.62. The summed E-state index contributed by atoms with van der Waals surface area (Å²) in [6, 6.07) is 8.48. The van der Waals surface area contributed by atoms with Gasteiger partial charge in [0.25, 0.3) is 0 Å². The molecule has 1 aliphatic carbocycles. The van der Waals surface area contributed by atoms with Crippen LogP contribution in [0.5, 0.6) is 0 Å². The number of piperidine rings is 1. The summed E-state index contributed by atoms with van der Waals surface area (Å²) in [5, 5.41) is 9.11. The van der Waals surface area contributed by atoms with E-state index in [-0.39, 0.29) is 17.2 Å². The van der Waals surface area contributed by atoms with E-state index in [2.05, 4.69) is 31.2 Å². The molecular weight excluding hydrogens is 290 g/mol. The lowest BCUT2D eigenvalue weighted by Gasteiger charge is -2.32. The van der Waals surface area contributed by atoms with Crippen LogP contribution in [0.25, 0.3) is 0 Å². The molecule has 2 fully saturated rings. The van der Waals surface area contributed by atoms with Gasteiger partial charge >= 0.3 is 5.97 Å². The molecule has 1 saturated carbocycles. The number of rotatable bonds is 5. The maximum atomic E-state index is 12.4. The van der Waals surface area contributed by atoms with E-state index in [0.29, 0.717) is 6.42 Å². The molecule has 1 atom stereocenters. The topological polar surface area (TPSA) is 57.6 Å². The summed E-state index contributed by atoms with van der Waals surface area (Å²) in [7, 11) is 0. The molecule has 2 aliphatic rings. The quantitative estimate of drug-likeness (QED) is 0.909. The van der Waals surface area contributed by atoms with E-state index in [1.165, 1.54) is 11.1 Å². The molecule has 23 heavy (non-hydrogen) atoms. The number of amides is 1. The summed E-state index contributed by atoms with van der Waals surface area (Å²) in [5.74, 6) is -0.635. The molecule has 1 aromatic carbocycles. The highest BCUT2D eigenvalue weighted by molar-refractivity contribution is 5.77. The number of carboxylic acids is 1. The summed E-state index contributed by atoms with van der Waals surface area (Å²) in [6.45, 7) is 3.57. The number of carbonyl (C=O) groups excluding carboxylic acids is 1. The molecule has 0 radical (unpaired) electrons. The Labute approximate surface area is 137 Å². The van der Waals surface area contributed by atoms with Gasteiger partial charge in [-0.25, -0.2) is 0 Å². The summed E-state index contributed by atoms with van der Waals surface area (Å²) >= 11 is 0. The number of carboxylic acid groups (broad SMARTS) is 1. The molecule has 4 nitrogen and oxygen atoms in total. The Balaban J connectivity index is 1.45. The zero-order valence-electron chi connectivity index (χ0n) is 13.8. The van der Waals surface area contributed by atoms with Gasteiger partial charge < -0.3 is 10.0 Å². The van der Waals surface area contributed by atoms with Crippen LogP contribution in [0, 0.1) is 11.3 Å². The van der Waals surface area contributed by atoms with Crippen LogP contribution >= 0.6 is 0 Å². The Morgan fingerprint density at radius 1 is 1.17 bits per heavy atom. The highest BCUT2D eigenvalue weighted by Crippen LogP contribution is 2.59. The van der Waals surface area contributed by atoms with Gasteiger partial charge in [0.2, 0.25) is 5.91 Å². The third-order valence-electron chi connectivity index (χ3n) is 5.66. The minimum Gasteiger partial charge on any atom is -0.481 e. The predicted molar refractivity (Wildman–Crippen MR) is 88.1 cm³/mol. The molecule has 1 aliphatic heterocycles. The second kappa shape index (κ2) is 6.34. The number of nitrogens with zero attached hydrogens (tertiary/aromatic N) is 1. The fourth-order valence-electron chi connectivity index (χ4n) is 3.80. The van der Waals surface area contributed by atoms with Crippen LogP contribution in [-0.2, 0) is 22.4 Å². The molecule has 1 aromatic rings. The lowest BCUT2D eigenvalue weighted by molar-refractivity contribution is -0.139. The molecule has 4 heteroatoms. The fourth-order valence-corrected chi connectivity index (χ4v) is 3.80. The molecule has 0 bridgehead atoms. The first-order valence-corrected chi connectivity index (χ1v) is 8.62. The smallest absolute Gasteiger partial charge is 0.307 e. The van der Waals surface area contributed by atoms with Crippen molar-refractivity contribution in [2.24, 2.45) is 11.3 Å². The van der Waals surface area contributed by atoms with Gasteiger partial charge in [-0.05, 0) is 48.6 Å². The number of aryl methyl sites for hydroxylation is 2. The lowest BCUT2D eigenvalue weighted by Crippen LogP contribution is -2.40. The van der Waals surface area contributed by atoms with Crippen molar-refractivity contribution in [1.82, 2.24) is 4.90 Å². The third kappa shape index (κ3) is 3.41. The number of aliphatic carboxylic acids is 1.